The van der Waals surface area contributed by atoms with Gasteiger partial charge in [-0.1, -0.05) is 36.4 Å². The summed E-state index contributed by atoms with van der Waals surface area (Å²) in [4.78, 5) is 9.12. The minimum absolute atomic E-state index is 0. The van der Waals surface area contributed by atoms with Gasteiger partial charge in [0, 0.05) is 18.1 Å². The van der Waals surface area contributed by atoms with Crippen molar-refractivity contribution in [3.05, 3.63) is 72.2 Å². The third kappa shape index (κ3) is 6.56. The van der Waals surface area contributed by atoms with Crippen LogP contribution in [0.25, 0.3) is 10.9 Å². The van der Waals surface area contributed by atoms with Crippen LogP contribution in [-0.4, -0.2) is 30.1 Å². The summed E-state index contributed by atoms with van der Waals surface area (Å²) in [6.45, 7) is 5.63. The Kier molecular flexibility index (Phi) is 9.11. The summed E-state index contributed by atoms with van der Waals surface area (Å²) >= 11 is 0. The number of aliphatic imine (C=N–C) groups is 1. The van der Waals surface area contributed by atoms with E-state index in [2.05, 4.69) is 20.6 Å². The van der Waals surface area contributed by atoms with Crippen molar-refractivity contribution in [2.75, 3.05) is 13.1 Å². The molecule has 7 heteroatoms. The van der Waals surface area contributed by atoms with E-state index in [1.165, 1.54) is 6.07 Å². The first kappa shape index (κ1) is 22.9. The lowest BCUT2D eigenvalue weighted by molar-refractivity contribution is 0.214. The smallest absolute Gasteiger partial charge is 0.191 e. The minimum atomic E-state index is -0.363. The summed E-state index contributed by atoms with van der Waals surface area (Å²) in [6, 6.07) is 16.5. The average molecular weight is 508 g/mol. The molecule has 0 spiro atoms. The zero-order chi connectivity index (χ0) is 19.8. The van der Waals surface area contributed by atoms with Crippen LogP contribution in [0.4, 0.5) is 4.39 Å². The molecular weight excluding hydrogens is 482 g/mol. The summed E-state index contributed by atoms with van der Waals surface area (Å²) in [5, 5.41) is 7.57. The predicted octanol–water partition coefficient (Wildman–Crippen LogP) is 4.51. The molecule has 29 heavy (non-hydrogen) atoms. The lowest BCUT2D eigenvalue weighted by Crippen LogP contribution is -2.41. The molecule has 0 saturated carbocycles. The maximum Gasteiger partial charge on any atom is 0.191 e. The van der Waals surface area contributed by atoms with Crippen LogP contribution < -0.4 is 15.4 Å². The number of halogens is 2. The van der Waals surface area contributed by atoms with Crippen molar-refractivity contribution in [2.24, 2.45) is 4.99 Å². The highest BCUT2D eigenvalue weighted by atomic mass is 127. The first-order valence-electron chi connectivity index (χ1n) is 9.43. The summed E-state index contributed by atoms with van der Waals surface area (Å²) in [5.74, 6) is 0.568. The molecule has 0 amide bonds. The van der Waals surface area contributed by atoms with Crippen LogP contribution in [0.2, 0.25) is 0 Å². The summed E-state index contributed by atoms with van der Waals surface area (Å²) < 4.78 is 19.4. The second kappa shape index (κ2) is 11.5. The van der Waals surface area contributed by atoms with E-state index in [0.29, 0.717) is 19.0 Å². The monoisotopic (exact) mass is 508 g/mol. The van der Waals surface area contributed by atoms with Crippen LogP contribution in [0.15, 0.2) is 65.8 Å². The highest BCUT2D eigenvalue weighted by molar-refractivity contribution is 14.0. The molecule has 5 nitrogen and oxygen atoms in total. The van der Waals surface area contributed by atoms with E-state index in [4.69, 9.17) is 4.74 Å². The molecule has 0 bridgehead atoms. The van der Waals surface area contributed by atoms with Crippen molar-refractivity contribution in [3.63, 3.8) is 0 Å². The number of guanidine groups is 1. The molecule has 1 atom stereocenters. The number of ether oxygens (including phenoxy) is 1. The van der Waals surface area contributed by atoms with Crippen molar-refractivity contribution in [2.45, 2.75) is 26.5 Å². The third-order valence-corrected chi connectivity index (χ3v) is 4.19. The number of para-hydroxylation sites is 2. The van der Waals surface area contributed by atoms with E-state index in [1.54, 1.807) is 24.4 Å². The number of fused-ring (bicyclic) bond motifs is 1. The molecule has 0 aliphatic rings. The molecule has 1 unspecified atom stereocenters. The van der Waals surface area contributed by atoms with Gasteiger partial charge in [-0.25, -0.2) is 9.38 Å². The SMILES string of the molecule is CCNC(=NCc1cccc2cccnc12)NCC(C)Oc1ccccc1F.I. The highest BCUT2D eigenvalue weighted by Crippen LogP contribution is 2.17. The number of nitrogens with one attached hydrogen (secondary N) is 2. The Balaban J connectivity index is 0.00000300. The Morgan fingerprint density at radius 1 is 1.10 bits per heavy atom. The van der Waals surface area contributed by atoms with Gasteiger partial charge in [-0.05, 0) is 37.6 Å². The topological polar surface area (TPSA) is 58.5 Å². The normalized spacial score (nSPS) is 12.2. The van der Waals surface area contributed by atoms with Gasteiger partial charge in [-0.3, -0.25) is 4.98 Å². The van der Waals surface area contributed by atoms with Crippen LogP contribution in [0.5, 0.6) is 5.75 Å². The number of pyridine rings is 1. The zero-order valence-electron chi connectivity index (χ0n) is 16.6. The van der Waals surface area contributed by atoms with Crippen LogP contribution in [0, 0.1) is 5.82 Å². The maximum atomic E-state index is 13.7. The molecule has 1 aromatic heterocycles. The molecule has 3 rings (SSSR count). The average Bonchev–Trinajstić information content (AvgIpc) is 2.72. The molecule has 154 valence electrons. The number of hydrogen-bond donors (Lipinski definition) is 2. The fourth-order valence-corrected chi connectivity index (χ4v) is 2.84. The van der Waals surface area contributed by atoms with E-state index in [9.17, 15) is 4.39 Å². The van der Waals surface area contributed by atoms with E-state index >= 15 is 0 Å². The second-order valence-corrected chi connectivity index (χ2v) is 6.43. The Hall–Kier alpha value is -2.42. The Morgan fingerprint density at radius 2 is 1.90 bits per heavy atom. The zero-order valence-corrected chi connectivity index (χ0v) is 18.9. The van der Waals surface area contributed by atoms with Crippen molar-refractivity contribution >= 4 is 40.8 Å². The molecule has 1 heterocycles. The van der Waals surface area contributed by atoms with Gasteiger partial charge >= 0.3 is 0 Å². The van der Waals surface area contributed by atoms with Gasteiger partial charge in [-0.2, -0.15) is 0 Å². The fraction of sp³-hybridized carbons (Fsp3) is 0.273. The lowest BCUT2D eigenvalue weighted by atomic mass is 10.1. The first-order valence-corrected chi connectivity index (χ1v) is 9.43. The van der Waals surface area contributed by atoms with Crippen molar-refractivity contribution in [3.8, 4) is 5.75 Å². The Labute approximate surface area is 187 Å². The van der Waals surface area contributed by atoms with Gasteiger partial charge in [0.1, 0.15) is 6.10 Å². The van der Waals surface area contributed by atoms with E-state index in [0.717, 1.165) is 23.0 Å². The largest absolute Gasteiger partial charge is 0.486 e. The third-order valence-electron chi connectivity index (χ3n) is 4.19. The highest BCUT2D eigenvalue weighted by Gasteiger charge is 2.09. The Morgan fingerprint density at radius 3 is 2.69 bits per heavy atom. The number of hydrogen-bond acceptors (Lipinski definition) is 3. The van der Waals surface area contributed by atoms with Gasteiger partial charge in [-0.15, -0.1) is 24.0 Å². The quantitative estimate of drug-likeness (QED) is 0.280. The van der Waals surface area contributed by atoms with Crippen LogP contribution in [-0.2, 0) is 6.54 Å². The van der Waals surface area contributed by atoms with E-state index in [-0.39, 0.29) is 41.6 Å². The number of benzene rings is 2. The molecule has 0 radical (unpaired) electrons. The van der Waals surface area contributed by atoms with Crippen molar-refractivity contribution in [1.82, 2.24) is 15.6 Å². The minimum Gasteiger partial charge on any atom is -0.486 e. The van der Waals surface area contributed by atoms with Crippen molar-refractivity contribution in [1.29, 1.82) is 0 Å². The summed E-state index contributed by atoms with van der Waals surface area (Å²) in [5.41, 5.74) is 2.02. The van der Waals surface area contributed by atoms with Gasteiger partial charge in [0.05, 0.1) is 18.6 Å². The molecule has 0 aliphatic carbocycles. The molecule has 2 N–H and O–H groups in total. The second-order valence-electron chi connectivity index (χ2n) is 6.43. The molecular formula is C22H26FIN4O. The van der Waals surface area contributed by atoms with E-state index < -0.39 is 0 Å². The number of nitrogens with zero attached hydrogens (tertiary/aromatic N) is 2. The number of aromatic nitrogens is 1. The summed E-state index contributed by atoms with van der Waals surface area (Å²) in [6.07, 6.45) is 1.57. The van der Waals surface area contributed by atoms with Crippen LogP contribution in [0.1, 0.15) is 19.4 Å². The van der Waals surface area contributed by atoms with Gasteiger partial charge < -0.3 is 15.4 Å². The van der Waals surface area contributed by atoms with Crippen LogP contribution >= 0.6 is 24.0 Å². The summed E-state index contributed by atoms with van der Waals surface area (Å²) in [7, 11) is 0. The molecule has 0 aliphatic heterocycles. The van der Waals surface area contributed by atoms with Gasteiger partial charge in [0.25, 0.3) is 0 Å². The molecule has 0 saturated heterocycles. The van der Waals surface area contributed by atoms with Gasteiger partial charge in [0.15, 0.2) is 17.5 Å². The number of rotatable bonds is 7. The molecule has 2 aromatic carbocycles. The van der Waals surface area contributed by atoms with Gasteiger partial charge in [0.2, 0.25) is 0 Å². The standard InChI is InChI=1S/C22H25FN4O.HI/c1-3-24-22(26-14-16(2)28-20-12-5-4-11-19(20)23)27-15-18-9-6-8-17-10-7-13-25-21(17)18;/h4-13,16H,3,14-15H2,1-2H3,(H2,24,26,27);1H. The lowest BCUT2D eigenvalue weighted by Gasteiger charge is -2.18. The molecule has 0 fully saturated rings. The Bertz CT molecular complexity index is 946. The fourth-order valence-electron chi connectivity index (χ4n) is 2.84. The van der Waals surface area contributed by atoms with Crippen molar-refractivity contribution < 1.29 is 9.13 Å². The molecule has 3 aromatic rings. The van der Waals surface area contributed by atoms with Crippen LogP contribution in [0.3, 0.4) is 0 Å². The first-order chi connectivity index (χ1) is 13.7. The van der Waals surface area contributed by atoms with E-state index in [1.807, 2.05) is 44.2 Å². The maximum absolute atomic E-state index is 13.7. The predicted molar refractivity (Wildman–Crippen MR) is 126 cm³/mol.